The molecule has 0 aliphatic carbocycles. The highest BCUT2D eigenvalue weighted by Crippen LogP contribution is 2.23. The average molecular weight is 376 g/mol. The molecule has 0 unspecified atom stereocenters. The third-order valence-electron chi connectivity index (χ3n) is 3.47. The summed E-state index contributed by atoms with van der Waals surface area (Å²) in [4.78, 5) is 16.4. The predicted molar refractivity (Wildman–Crippen MR) is 98.2 cm³/mol. The largest absolute Gasteiger partial charge is 0.352 e. The van der Waals surface area contributed by atoms with E-state index in [4.69, 9.17) is 0 Å². The van der Waals surface area contributed by atoms with Crippen molar-refractivity contribution in [3.8, 4) is 0 Å². The minimum atomic E-state index is -0.0683. The van der Waals surface area contributed by atoms with E-state index < -0.39 is 0 Å². The van der Waals surface area contributed by atoms with Crippen LogP contribution in [0.2, 0.25) is 0 Å². The summed E-state index contributed by atoms with van der Waals surface area (Å²) in [5.74, 6) is 1.16. The van der Waals surface area contributed by atoms with Crippen LogP contribution in [0.1, 0.15) is 36.2 Å². The molecule has 0 aliphatic heterocycles. The zero-order chi connectivity index (χ0) is 16.8. The Morgan fingerprint density at radius 2 is 2.04 bits per heavy atom. The number of rotatable bonds is 6. The smallest absolute Gasteiger partial charge is 0.251 e. The van der Waals surface area contributed by atoms with Crippen LogP contribution >= 0.6 is 15.9 Å². The molecule has 0 saturated heterocycles. The molecule has 23 heavy (non-hydrogen) atoms. The third-order valence-corrected chi connectivity index (χ3v) is 4.33. The molecule has 1 aromatic heterocycles. The summed E-state index contributed by atoms with van der Waals surface area (Å²) < 4.78 is 1.03. The molecule has 122 valence electrons. The van der Waals surface area contributed by atoms with E-state index in [-0.39, 0.29) is 5.91 Å². The van der Waals surface area contributed by atoms with Crippen LogP contribution in [0.5, 0.6) is 0 Å². The molecule has 4 nitrogen and oxygen atoms in total. The van der Waals surface area contributed by atoms with E-state index in [0.717, 1.165) is 16.6 Å². The number of benzene rings is 1. The number of anilines is 2. The summed E-state index contributed by atoms with van der Waals surface area (Å²) in [7, 11) is 0. The quantitative estimate of drug-likeness (QED) is 0.770. The average Bonchev–Trinajstić information content (AvgIpc) is 2.51. The maximum atomic E-state index is 12.2. The molecule has 0 spiro atoms. The van der Waals surface area contributed by atoms with Gasteiger partial charge in [-0.3, -0.25) is 4.79 Å². The number of aromatic nitrogens is 1. The molecular weight excluding hydrogens is 354 g/mol. The lowest BCUT2D eigenvalue weighted by Gasteiger charge is -2.10. The molecule has 1 heterocycles. The van der Waals surface area contributed by atoms with Crippen molar-refractivity contribution in [2.24, 2.45) is 5.92 Å². The number of amides is 1. The molecule has 1 aromatic carbocycles. The van der Waals surface area contributed by atoms with E-state index in [9.17, 15) is 4.79 Å². The van der Waals surface area contributed by atoms with Gasteiger partial charge in [0, 0.05) is 28.5 Å². The molecule has 0 bridgehead atoms. The predicted octanol–water partition coefficient (Wildman–Crippen LogP) is 4.67. The number of aryl methyl sites for hydroxylation is 1. The Labute approximate surface area is 145 Å². The van der Waals surface area contributed by atoms with Crippen LogP contribution in [0.25, 0.3) is 0 Å². The van der Waals surface area contributed by atoms with Crippen LogP contribution in [-0.2, 0) is 0 Å². The van der Waals surface area contributed by atoms with Gasteiger partial charge in [-0.2, -0.15) is 0 Å². The first-order chi connectivity index (χ1) is 11.0. The fourth-order valence-corrected chi connectivity index (χ4v) is 2.41. The van der Waals surface area contributed by atoms with Crippen LogP contribution in [0.3, 0.4) is 0 Å². The van der Waals surface area contributed by atoms with Gasteiger partial charge in [-0.25, -0.2) is 4.98 Å². The fraction of sp³-hybridized carbons (Fsp3) is 0.333. The Morgan fingerprint density at radius 3 is 2.74 bits per heavy atom. The first-order valence-corrected chi connectivity index (χ1v) is 8.52. The van der Waals surface area contributed by atoms with Crippen molar-refractivity contribution in [3.63, 3.8) is 0 Å². The van der Waals surface area contributed by atoms with Crippen molar-refractivity contribution in [1.82, 2.24) is 10.3 Å². The second kappa shape index (κ2) is 8.11. The maximum absolute atomic E-state index is 12.2. The zero-order valence-corrected chi connectivity index (χ0v) is 15.3. The van der Waals surface area contributed by atoms with Gasteiger partial charge in [0.1, 0.15) is 5.82 Å². The molecule has 5 heteroatoms. The van der Waals surface area contributed by atoms with Gasteiger partial charge in [0.2, 0.25) is 0 Å². The van der Waals surface area contributed by atoms with Crippen LogP contribution < -0.4 is 10.6 Å². The monoisotopic (exact) mass is 375 g/mol. The lowest BCUT2D eigenvalue weighted by Crippen LogP contribution is -2.25. The van der Waals surface area contributed by atoms with Crippen molar-refractivity contribution in [2.75, 3.05) is 11.9 Å². The fourth-order valence-electron chi connectivity index (χ4n) is 2.04. The van der Waals surface area contributed by atoms with E-state index in [1.807, 2.05) is 25.1 Å². The molecule has 0 saturated carbocycles. The summed E-state index contributed by atoms with van der Waals surface area (Å²) in [6, 6.07) is 9.48. The Bertz CT molecular complexity index is 686. The molecule has 2 N–H and O–H groups in total. The van der Waals surface area contributed by atoms with Gasteiger partial charge in [0.25, 0.3) is 5.91 Å². The third kappa shape index (κ3) is 5.36. The van der Waals surface area contributed by atoms with Crippen LogP contribution in [0, 0.1) is 12.8 Å². The first-order valence-electron chi connectivity index (χ1n) is 7.73. The van der Waals surface area contributed by atoms with Gasteiger partial charge in [-0.1, -0.05) is 35.8 Å². The van der Waals surface area contributed by atoms with Gasteiger partial charge < -0.3 is 10.6 Å². The second-order valence-electron chi connectivity index (χ2n) is 5.96. The van der Waals surface area contributed by atoms with Crippen molar-refractivity contribution >= 4 is 33.3 Å². The van der Waals surface area contributed by atoms with Gasteiger partial charge >= 0.3 is 0 Å². The molecular formula is C18H22BrN3O. The highest BCUT2D eigenvalue weighted by Gasteiger charge is 2.07. The summed E-state index contributed by atoms with van der Waals surface area (Å²) in [6.07, 6.45) is 2.61. The lowest BCUT2D eigenvalue weighted by molar-refractivity contribution is 0.0952. The number of nitrogens with zero attached hydrogens (tertiary/aromatic N) is 1. The van der Waals surface area contributed by atoms with Gasteiger partial charge in [0.15, 0.2) is 0 Å². The Kier molecular flexibility index (Phi) is 6.16. The molecule has 0 fully saturated rings. The normalized spacial score (nSPS) is 10.7. The van der Waals surface area contributed by atoms with E-state index in [1.165, 1.54) is 5.56 Å². The SMILES string of the molecule is Cc1ccc(Nc2cc(C(=O)NCCC(C)C)ccn2)cc1Br. The van der Waals surface area contributed by atoms with E-state index in [2.05, 4.69) is 45.4 Å². The van der Waals surface area contributed by atoms with E-state index >= 15 is 0 Å². The molecule has 1 amide bonds. The number of carbonyl (C=O) groups excluding carboxylic acids is 1. The molecule has 2 rings (SSSR count). The highest BCUT2D eigenvalue weighted by atomic mass is 79.9. The maximum Gasteiger partial charge on any atom is 0.251 e. The Hall–Kier alpha value is -1.88. The van der Waals surface area contributed by atoms with Crippen molar-refractivity contribution in [2.45, 2.75) is 27.2 Å². The minimum absolute atomic E-state index is 0.0683. The van der Waals surface area contributed by atoms with Crippen LogP contribution in [-0.4, -0.2) is 17.4 Å². The molecule has 0 atom stereocenters. The number of halogens is 1. The zero-order valence-electron chi connectivity index (χ0n) is 13.7. The molecule has 0 aliphatic rings. The van der Waals surface area contributed by atoms with E-state index in [0.29, 0.717) is 23.8 Å². The molecule has 2 aromatic rings. The standard InChI is InChI=1S/C18H22BrN3O/c1-12(2)6-8-21-18(23)14-7-9-20-17(10-14)22-15-5-4-13(3)16(19)11-15/h4-5,7,9-12H,6,8H2,1-3H3,(H,20,22)(H,21,23). The van der Waals surface area contributed by atoms with Crippen molar-refractivity contribution in [1.29, 1.82) is 0 Å². The van der Waals surface area contributed by atoms with E-state index in [1.54, 1.807) is 18.3 Å². The summed E-state index contributed by atoms with van der Waals surface area (Å²) in [5, 5.41) is 6.16. The van der Waals surface area contributed by atoms with Crippen molar-refractivity contribution in [3.05, 3.63) is 52.1 Å². The van der Waals surface area contributed by atoms with Crippen LogP contribution in [0.15, 0.2) is 41.0 Å². The Morgan fingerprint density at radius 1 is 1.26 bits per heavy atom. The summed E-state index contributed by atoms with van der Waals surface area (Å²) in [5.41, 5.74) is 2.70. The minimum Gasteiger partial charge on any atom is -0.352 e. The first kappa shape index (κ1) is 17.5. The summed E-state index contributed by atoms with van der Waals surface area (Å²) >= 11 is 3.51. The van der Waals surface area contributed by atoms with Crippen molar-refractivity contribution < 1.29 is 4.79 Å². The van der Waals surface area contributed by atoms with Gasteiger partial charge in [-0.15, -0.1) is 0 Å². The number of pyridine rings is 1. The molecule has 0 radical (unpaired) electrons. The Balaban J connectivity index is 2.04. The number of carbonyl (C=O) groups is 1. The number of hydrogen-bond donors (Lipinski definition) is 2. The number of hydrogen-bond acceptors (Lipinski definition) is 3. The van der Waals surface area contributed by atoms with Gasteiger partial charge in [0.05, 0.1) is 0 Å². The lowest BCUT2D eigenvalue weighted by atomic mass is 10.1. The second-order valence-corrected chi connectivity index (χ2v) is 6.81. The highest BCUT2D eigenvalue weighted by molar-refractivity contribution is 9.10. The van der Waals surface area contributed by atoms with Crippen LogP contribution in [0.4, 0.5) is 11.5 Å². The van der Waals surface area contributed by atoms with Gasteiger partial charge in [-0.05, 0) is 49.1 Å². The summed E-state index contributed by atoms with van der Waals surface area (Å²) in [6.45, 7) is 7.00. The number of nitrogens with one attached hydrogen (secondary N) is 2. The topological polar surface area (TPSA) is 54.0 Å².